The van der Waals surface area contributed by atoms with Crippen molar-refractivity contribution in [3.8, 4) is 111 Å². The third-order valence-corrected chi connectivity index (χ3v) is 12.1. The van der Waals surface area contributed by atoms with E-state index in [0.717, 1.165) is 0 Å². The molecule has 0 nitrogen and oxygen atoms in total. The SMILES string of the molecule is c1cc2ccc(-c3ccc4cc(-c5ccc6cccc-6cc5)cc-4cc3)ccc-2c1.c1cc2ccc(-c3ccc4cc(-c5ccc6cccc-6cc5)cc-4cc3)ccc-2c1. The van der Waals surface area contributed by atoms with Crippen molar-refractivity contribution < 1.29 is 0 Å². The summed E-state index contributed by atoms with van der Waals surface area (Å²) in [7, 11) is 0. The molecule has 0 unspecified atom stereocenters. The number of rotatable bonds is 4. The third kappa shape index (κ3) is 6.95. The van der Waals surface area contributed by atoms with E-state index in [4.69, 9.17) is 0 Å². The predicted octanol–water partition coefficient (Wildman–Crippen LogP) is 16.7. The van der Waals surface area contributed by atoms with Gasteiger partial charge in [0.2, 0.25) is 0 Å². The molecule has 0 radical (unpaired) electrons. The van der Waals surface area contributed by atoms with Crippen LogP contribution in [0.1, 0.15) is 0 Å². The lowest BCUT2D eigenvalue weighted by Crippen LogP contribution is -1.68. The zero-order chi connectivity index (χ0) is 39.8. The molecule has 0 spiro atoms. The van der Waals surface area contributed by atoms with Crippen LogP contribution in [0.3, 0.4) is 0 Å². The van der Waals surface area contributed by atoms with Gasteiger partial charge in [0.05, 0.1) is 0 Å². The summed E-state index contributed by atoms with van der Waals surface area (Å²) in [4.78, 5) is 0. The molecule has 0 aromatic carbocycles. The van der Waals surface area contributed by atoms with Crippen LogP contribution in [0.15, 0.2) is 243 Å². The molecule has 0 heteroatoms. The van der Waals surface area contributed by atoms with Crippen molar-refractivity contribution in [2.24, 2.45) is 0 Å². The molecule has 0 aliphatic heterocycles. The summed E-state index contributed by atoms with van der Waals surface area (Å²) in [6.45, 7) is 0. The minimum absolute atomic E-state index is 1.23. The summed E-state index contributed by atoms with van der Waals surface area (Å²) in [6, 6.07) is 88.1. The zero-order valence-corrected chi connectivity index (χ0v) is 33.1. The molecule has 0 atom stereocenters. The molecule has 12 aliphatic carbocycles. The smallest absolute Gasteiger partial charge is 0.0172 e. The van der Waals surface area contributed by atoms with E-state index in [1.807, 2.05) is 0 Å². The molecule has 12 aliphatic rings. The molecular formula is C60H40. The van der Waals surface area contributed by atoms with E-state index in [9.17, 15) is 0 Å². The maximum Gasteiger partial charge on any atom is -0.0172 e. The van der Waals surface area contributed by atoms with E-state index in [-0.39, 0.29) is 0 Å². The Balaban J connectivity index is 0.000000136. The molecule has 0 aromatic heterocycles. The molecular weight excluding hydrogens is 721 g/mol. The fourth-order valence-electron chi connectivity index (χ4n) is 8.65. The maximum atomic E-state index is 2.29. The average molecular weight is 761 g/mol. The molecule has 0 amide bonds. The van der Waals surface area contributed by atoms with Crippen LogP contribution in [-0.4, -0.2) is 0 Å². The summed E-state index contributed by atoms with van der Waals surface area (Å²) < 4.78 is 0. The largest absolute Gasteiger partial charge is 0.0610 e. The monoisotopic (exact) mass is 760 g/mol. The molecule has 0 aromatic rings. The van der Waals surface area contributed by atoms with E-state index in [0.29, 0.717) is 0 Å². The average Bonchev–Trinajstić information content (AvgIpc) is 4.12. The van der Waals surface area contributed by atoms with Gasteiger partial charge in [0.1, 0.15) is 0 Å². The van der Waals surface area contributed by atoms with Crippen LogP contribution in [0, 0.1) is 0 Å². The molecule has 0 N–H and O–H groups in total. The maximum absolute atomic E-state index is 2.29. The highest BCUT2D eigenvalue weighted by Gasteiger charge is 2.11. The highest BCUT2D eigenvalue weighted by molar-refractivity contribution is 5.84. The van der Waals surface area contributed by atoms with Crippen molar-refractivity contribution in [1.29, 1.82) is 0 Å². The molecule has 0 bridgehead atoms. The van der Waals surface area contributed by atoms with E-state index in [1.54, 1.807) is 0 Å². The van der Waals surface area contributed by atoms with E-state index >= 15 is 0 Å². The van der Waals surface area contributed by atoms with Crippen molar-refractivity contribution in [3.63, 3.8) is 0 Å². The Bertz CT molecular complexity index is 2670. The first-order chi connectivity index (χ1) is 29.7. The lowest BCUT2D eigenvalue weighted by Gasteiger charge is -1.94. The molecule has 12 rings (SSSR count). The second-order valence-electron chi connectivity index (χ2n) is 15.8. The van der Waals surface area contributed by atoms with Gasteiger partial charge in [0.25, 0.3) is 0 Å². The first kappa shape index (κ1) is 35.4. The molecule has 0 fully saturated rings. The van der Waals surface area contributed by atoms with E-state index < -0.39 is 0 Å². The van der Waals surface area contributed by atoms with Crippen LogP contribution in [0.5, 0.6) is 0 Å². The fraction of sp³-hybridized carbons (Fsp3) is 0. The van der Waals surface area contributed by atoms with E-state index in [1.165, 1.54) is 111 Å². The summed E-state index contributed by atoms with van der Waals surface area (Å²) in [6.07, 6.45) is 0. The minimum atomic E-state index is 1.23. The fourth-order valence-corrected chi connectivity index (χ4v) is 8.65. The second-order valence-corrected chi connectivity index (χ2v) is 15.8. The van der Waals surface area contributed by atoms with Gasteiger partial charge in [0.15, 0.2) is 0 Å². The molecule has 280 valence electrons. The normalized spacial score (nSPS) is 11.3. The van der Waals surface area contributed by atoms with Gasteiger partial charge in [-0.15, -0.1) is 0 Å². The Morgan fingerprint density at radius 2 is 0.217 bits per heavy atom. The quantitative estimate of drug-likeness (QED) is 0.168. The van der Waals surface area contributed by atoms with Gasteiger partial charge >= 0.3 is 0 Å². The van der Waals surface area contributed by atoms with Crippen LogP contribution in [0.4, 0.5) is 0 Å². The number of hydrogen-bond donors (Lipinski definition) is 0. The zero-order valence-electron chi connectivity index (χ0n) is 33.1. The molecule has 0 saturated carbocycles. The number of hydrogen-bond acceptors (Lipinski definition) is 0. The number of fused-ring (bicyclic) bond motifs is 6. The van der Waals surface area contributed by atoms with Gasteiger partial charge in [-0.2, -0.15) is 0 Å². The Hall–Kier alpha value is -7.80. The third-order valence-electron chi connectivity index (χ3n) is 12.1. The van der Waals surface area contributed by atoms with Crippen molar-refractivity contribution in [2.75, 3.05) is 0 Å². The van der Waals surface area contributed by atoms with Crippen molar-refractivity contribution >= 4 is 0 Å². The standard InChI is InChI=1S/2C30H20/c2*1-3-21-7-11-25(12-8-22(21)4-1)26-15-17-28-19-30(20-29(28)18-16-26)27-13-9-23-5-2-6-24(23)10-14-27/h2*1-20H. The summed E-state index contributed by atoms with van der Waals surface area (Å²) >= 11 is 0. The van der Waals surface area contributed by atoms with Crippen LogP contribution in [0.2, 0.25) is 0 Å². The van der Waals surface area contributed by atoms with Gasteiger partial charge in [-0.3, -0.25) is 0 Å². The van der Waals surface area contributed by atoms with Crippen molar-refractivity contribution in [1.82, 2.24) is 0 Å². The lowest BCUT2D eigenvalue weighted by atomic mass is 10.1. The summed E-state index contributed by atoms with van der Waals surface area (Å²) in [5.74, 6) is 0. The molecule has 0 saturated heterocycles. The van der Waals surface area contributed by atoms with Crippen molar-refractivity contribution in [2.45, 2.75) is 0 Å². The minimum Gasteiger partial charge on any atom is -0.0610 e. The Morgan fingerprint density at radius 3 is 0.383 bits per heavy atom. The van der Waals surface area contributed by atoms with Crippen molar-refractivity contribution in [3.05, 3.63) is 243 Å². The van der Waals surface area contributed by atoms with Gasteiger partial charge in [-0.05, 0) is 136 Å². The van der Waals surface area contributed by atoms with Crippen LogP contribution < -0.4 is 0 Å². The summed E-state index contributed by atoms with van der Waals surface area (Å²) in [5, 5.41) is 0. The predicted molar refractivity (Wildman–Crippen MR) is 254 cm³/mol. The van der Waals surface area contributed by atoms with Crippen LogP contribution in [-0.2, 0) is 0 Å². The first-order valence-electron chi connectivity index (χ1n) is 20.7. The topological polar surface area (TPSA) is 0 Å². The Labute approximate surface area is 352 Å². The van der Waals surface area contributed by atoms with Crippen LogP contribution in [0.25, 0.3) is 111 Å². The first-order valence-corrected chi connectivity index (χ1v) is 20.7. The van der Waals surface area contributed by atoms with Gasteiger partial charge in [-0.25, -0.2) is 0 Å². The highest BCUT2D eigenvalue weighted by atomic mass is 14.2. The highest BCUT2D eigenvalue weighted by Crippen LogP contribution is 2.37. The van der Waals surface area contributed by atoms with Gasteiger partial charge in [0, 0.05) is 0 Å². The molecule has 0 heterocycles. The summed E-state index contributed by atoms with van der Waals surface area (Å²) in [5.41, 5.74) is 25.3. The van der Waals surface area contributed by atoms with Gasteiger partial charge in [-0.1, -0.05) is 218 Å². The lowest BCUT2D eigenvalue weighted by molar-refractivity contribution is 1.72. The second kappa shape index (κ2) is 15.2. The van der Waals surface area contributed by atoms with E-state index in [2.05, 4.69) is 243 Å². The Morgan fingerprint density at radius 1 is 0.100 bits per heavy atom. The van der Waals surface area contributed by atoms with Gasteiger partial charge < -0.3 is 0 Å². The Kier molecular flexibility index (Phi) is 8.95. The molecule has 60 heavy (non-hydrogen) atoms. The van der Waals surface area contributed by atoms with Crippen LogP contribution >= 0.6 is 0 Å².